The second-order valence-corrected chi connectivity index (χ2v) is 9.07. The van der Waals surface area contributed by atoms with Crippen molar-refractivity contribution in [2.45, 2.75) is 37.3 Å². The number of morpholine rings is 1. The van der Waals surface area contributed by atoms with Crippen LogP contribution in [0, 0.1) is 0 Å². The molecule has 1 saturated heterocycles. The summed E-state index contributed by atoms with van der Waals surface area (Å²) in [4.78, 5) is 19.6. The molecule has 2 N–H and O–H groups in total. The van der Waals surface area contributed by atoms with Crippen LogP contribution in [0.5, 0.6) is 0 Å². The van der Waals surface area contributed by atoms with E-state index in [1.54, 1.807) is 6.92 Å². The number of carbonyl (C=O) groups is 1. The molecule has 0 bridgehead atoms. The van der Waals surface area contributed by atoms with Gasteiger partial charge in [0.15, 0.2) is 0 Å². The Hall–Kier alpha value is -1.71. The quantitative estimate of drug-likeness (QED) is 0.452. The molecule has 0 radical (unpaired) electrons. The Labute approximate surface area is 185 Å². The van der Waals surface area contributed by atoms with Crippen LogP contribution in [-0.4, -0.2) is 58.1 Å². The molecule has 3 rings (SSSR count). The van der Waals surface area contributed by atoms with E-state index in [-0.39, 0.29) is 5.91 Å². The molecule has 1 amide bonds. The van der Waals surface area contributed by atoms with Crippen molar-refractivity contribution in [3.63, 3.8) is 0 Å². The third-order valence-corrected chi connectivity index (χ3v) is 5.74. The number of nitrogens with zero attached hydrogens (tertiary/aromatic N) is 2. The number of aliphatic hydroxyl groups excluding tert-OH is 1. The molecule has 29 heavy (non-hydrogen) atoms. The first-order valence-corrected chi connectivity index (χ1v) is 11.1. The lowest BCUT2D eigenvalue weighted by atomic mass is 9.98. The molecule has 1 heterocycles. The normalized spacial score (nSPS) is 24.7. The van der Waals surface area contributed by atoms with Crippen molar-refractivity contribution in [3.05, 3.63) is 58.5 Å². The maximum Gasteiger partial charge on any atom is 0.257 e. The second-order valence-electron chi connectivity index (χ2n) is 7.47. The van der Waals surface area contributed by atoms with Crippen LogP contribution in [-0.2, 0) is 9.53 Å². The fourth-order valence-electron chi connectivity index (χ4n) is 3.49. The molecule has 0 aromatic heterocycles. The van der Waals surface area contributed by atoms with Crippen LogP contribution in [0.3, 0.4) is 0 Å². The largest absolute Gasteiger partial charge is 0.378 e. The zero-order chi connectivity index (χ0) is 21.0. The Morgan fingerprint density at radius 1 is 1.34 bits per heavy atom. The molecule has 2 aliphatic carbocycles. The van der Waals surface area contributed by atoms with Crippen molar-refractivity contribution in [2.24, 2.45) is 4.99 Å². The number of hydrogen-bond acceptors (Lipinski definition) is 5. The fraction of sp³-hybridized carbons (Fsp3) is 0.455. The smallest absolute Gasteiger partial charge is 0.257 e. The summed E-state index contributed by atoms with van der Waals surface area (Å²) in [6.07, 6.45) is 9.94. The molecule has 156 valence electrons. The second kappa shape index (κ2) is 9.86. The van der Waals surface area contributed by atoms with Gasteiger partial charge in [-0.05, 0) is 45.4 Å². The molecule has 0 aromatic carbocycles. The van der Waals surface area contributed by atoms with Crippen LogP contribution in [0.4, 0.5) is 0 Å². The van der Waals surface area contributed by atoms with E-state index in [1.807, 2.05) is 32.1 Å². The summed E-state index contributed by atoms with van der Waals surface area (Å²) in [5.41, 5.74) is 5.13. The highest BCUT2D eigenvalue weighted by Crippen LogP contribution is 2.28. The molecular weight excluding hydrogens is 481 g/mol. The maximum absolute atomic E-state index is 13.2. The summed E-state index contributed by atoms with van der Waals surface area (Å²) in [6, 6.07) is 0. The van der Waals surface area contributed by atoms with Crippen molar-refractivity contribution in [2.75, 3.05) is 26.3 Å². The van der Waals surface area contributed by atoms with Crippen molar-refractivity contribution < 1.29 is 14.6 Å². The number of halogens is 1. The molecule has 2 unspecified atom stereocenters. The highest BCUT2D eigenvalue weighted by Gasteiger charge is 2.26. The molecule has 0 aromatic rings. The van der Waals surface area contributed by atoms with Gasteiger partial charge in [-0.25, -0.2) is 0 Å². The van der Waals surface area contributed by atoms with E-state index in [1.165, 1.54) is 0 Å². The third-order valence-electron chi connectivity index (χ3n) is 4.88. The predicted octanol–water partition coefficient (Wildman–Crippen LogP) is 3.02. The Bertz CT molecular complexity index is 839. The van der Waals surface area contributed by atoms with Gasteiger partial charge >= 0.3 is 0 Å². The summed E-state index contributed by atoms with van der Waals surface area (Å²) in [5, 5.41) is 12.7. The van der Waals surface area contributed by atoms with Crippen LogP contribution >= 0.6 is 22.6 Å². The average molecular weight is 509 g/mol. The Kier molecular flexibility index (Phi) is 7.48. The van der Waals surface area contributed by atoms with Crippen molar-refractivity contribution in [1.82, 2.24) is 10.2 Å². The number of nitrogens with one attached hydrogen (secondary N) is 1. The van der Waals surface area contributed by atoms with E-state index in [0.29, 0.717) is 28.4 Å². The van der Waals surface area contributed by atoms with E-state index < -0.39 is 6.23 Å². The summed E-state index contributed by atoms with van der Waals surface area (Å²) in [6.45, 7) is 8.57. The number of alkyl halides is 1. The lowest BCUT2D eigenvalue weighted by Crippen LogP contribution is -2.39. The maximum atomic E-state index is 13.2. The molecule has 6 nitrogen and oxygen atoms in total. The van der Waals surface area contributed by atoms with Gasteiger partial charge in [0.1, 0.15) is 6.23 Å². The van der Waals surface area contributed by atoms with Gasteiger partial charge in [-0.15, -0.1) is 0 Å². The van der Waals surface area contributed by atoms with Gasteiger partial charge in [0.25, 0.3) is 5.91 Å². The number of allylic oxidation sites excluding steroid dienone is 7. The van der Waals surface area contributed by atoms with Crippen LogP contribution in [0.1, 0.15) is 27.2 Å². The van der Waals surface area contributed by atoms with Crippen molar-refractivity contribution >= 4 is 34.2 Å². The Balaban J connectivity index is 1.80. The number of rotatable bonds is 4. The Morgan fingerprint density at radius 3 is 2.72 bits per heavy atom. The van der Waals surface area contributed by atoms with Gasteiger partial charge in [-0.1, -0.05) is 40.3 Å². The zero-order valence-electron chi connectivity index (χ0n) is 17.1. The number of hydrogen-bond donors (Lipinski definition) is 2. The number of carbonyl (C=O) groups excluding carboxylic acids is 1. The van der Waals surface area contributed by atoms with Crippen molar-refractivity contribution in [3.8, 4) is 0 Å². The zero-order valence-corrected chi connectivity index (χ0v) is 19.3. The summed E-state index contributed by atoms with van der Waals surface area (Å²) >= 11 is 2.36. The minimum absolute atomic E-state index is 0.107. The van der Waals surface area contributed by atoms with E-state index >= 15 is 0 Å². The fourth-order valence-corrected chi connectivity index (χ4v) is 4.10. The predicted molar refractivity (Wildman–Crippen MR) is 124 cm³/mol. The third kappa shape index (κ3) is 5.67. The topological polar surface area (TPSA) is 74.2 Å². The minimum atomic E-state index is -0.775. The number of ether oxygens (including phenoxy) is 1. The van der Waals surface area contributed by atoms with Gasteiger partial charge in [0.05, 0.1) is 24.5 Å². The molecule has 0 spiro atoms. The molecule has 1 fully saturated rings. The standard InChI is InChI=1S/C22H28IN3O3/c1-14(2)18-13-17(5-6-20(18)24-15(3)27)25-22(28)19-12-16(23)4-7-21(19)26-8-10-29-11-9-26/h5-7,12-13,15-16,27H,4,8-11H2,1-3H3,(H,25,28). The van der Waals surface area contributed by atoms with Crippen molar-refractivity contribution in [1.29, 1.82) is 0 Å². The van der Waals surface area contributed by atoms with Crippen LogP contribution in [0.15, 0.2) is 63.5 Å². The van der Waals surface area contributed by atoms with Crippen LogP contribution in [0.2, 0.25) is 0 Å². The van der Waals surface area contributed by atoms with E-state index in [4.69, 9.17) is 4.74 Å². The highest BCUT2D eigenvalue weighted by molar-refractivity contribution is 14.1. The molecular formula is C22H28IN3O3. The van der Waals surface area contributed by atoms with Gasteiger partial charge in [0.2, 0.25) is 0 Å². The first-order chi connectivity index (χ1) is 13.8. The van der Waals surface area contributed by atoms with E-state index in [2.05, 4.69) is 50.0 Å². The van der Waals surface area contributed by atoms with Crippen LogP contribution < -0.4 is 5.32 Å². The summed E-state index contributed by atoms with van der Waals surface area (Å²) in [7, 11) is 0. The SMILES string of the molecule is CC(C)=C1C=C(NC(=O)C2=CC(I)CC=C2N2CCOCC2)C=CC1=NC(C)O. The molecule has 2 atom stereocenters. The van der Waals surface area contributed by atoms with Gasteiger partial charge in [-0.2, -0.15) is 0 Å². The lowest BCUT2D eigenvalue weighted by Gasteiger charge is -2.33. The van der Waals surface area contributed by atoms with E-state index in [9.17, 15) is 9.90 Å². The monoisotopic (exact) mass is 509 g/mol. The number of amides is 1. The first-order valence-electron chi connectivity index (χ1n) is 9.89. The first kappa shape index (κ1) is 22.0. The minimum Gasteiger partial charge on any atom is -0.378 e. The van der Waals surface area contributed by atoms with Gasteiger partial charge in [0, 0.05) is 34.0 Å². The molecule has 3 aliphatic rings. The van der Waals surface area contributed by atoms with E-state index in [0.717, 1.165) is 42.1 Å². The summed E-state index contributed by atoms with van der Waals surface area (Å²) in [5.74, 6) is -0.107. The highest BCUT2D eigenvalue weighted by atomic mass is 127. The molecule has 1 aliphatic heterocycles. The average Bonchev–Trinajstić information content (AvgIpc) is 2.69. The number of aliphatic imine (C=N–C) groups is 1. The Morgan fingerprint density at radius 2 is 2.07 bits per heavy atom. The molecule has 0 saturated carbocycles. The molecule has 7 heteroatoms. The lowest BCUT2D eigenvalue weighted by molar-refractivity contribution is -0.116. The van der Waals surface area contributed by atoms with Crippen LogP contribution in [0.25, 0.3) is 0 Å². The van der Waals surface area contributed by atoms with Gasteiger partial charge in [-0.3, -0.25) is 9.79 Å². The number of aliphatic hydroxyl groups is 1. The van der Waals surface area contributed by atoms with Gasteiger partial charge < -0.3 is 20.1 Å². The summed E-state index contributed by atoms with van der Waals surface area (Å²) < 4.78 is 5.76.